The Hall–Kier alpha value is -2.02. The van der Waals surface area contributed by atoms with Gasteiger partial charge in [0.25, 0.3) is 5.91 Å². The van der Waals surface area contributed by atoms with Crippen molar-refractivity contribution in [2.45, 2.75) is 12.8 Å². The molecule has 1 unspecified atom stereocenters. The molecular formula is C15H17F2NO4. The quantitative estimate of drug-likeness (QED) is 0.869. The Kier molecular flexibility index (Phi) is 5.43. The Balaban J connectivity index is 1.99. The average molecular weight is 313 g/mol. The molecular weight excluding hydrogens is 296 g/mol. The maximum atomic E-state index is 13.5. The Morgan fingerprint density at radius 1 is 1.32 bits per heavy atom. The predicted molar refractivity (Wildman–Crippen MR) is 73.4 cm³/mol. The van der Waals surface area contributed by atoms with Crippen LogP contribution in [-0.2, 0) is 9.53 Å². The van der Waals surface area contributed by atoms with Crippen molar-refractivity contribution in [1.29, 1.82) is 0 Å². The summed E-state index contributed by atoms with van der Waals surface area (Å²) < 4.78 is 31.5. The Labute approximate surface area is 126 Å². The number of hydrogen-bond donors (Lipinski definition) is 2. The number of hydrogen-bond acceptors (Lipinski definition) is 3. The van der Waals surface area contributed by atoms with E-state index in [9.17, 15) is 23.5 Å². The summed E-state index contributed by atoms with van der Waals surface area (Å²) in [5.41, 5.74) is -0.308. The molecule has 1 atom stereocenters. The summed E-state index contributed by atoms with van der Waals surface area (Å²) in [6.07, 6.45) is 1.22. The van der Waals surface area contributed by atoms with Crippen molar-refractivity contribution in [3.63, 3.8) is 0 Å². The molecule has 120 valence electrons. The largest absolute Gasteiger partial charge is 0.481 e. The van der Waals surface area contributed by atoms with E-state index in [1.807, 2.05) is 0 Å². The van der Waals surface area contributed by atoms with Crippen LogP contribution in [0.3, 0.4) is 0 Å². The van der Waals surface area contributed by atoms with Crippen LogP contribution in [0.5, 0.6) is 0 Å². The summed E-state index contributed by atoms with van der Waals surface area (Å²) in [5.74, 6) is -4.36. The molecule has 2 N–H and O–H groups in total. The molecule has 1 aromatic carbocycles. The molecule has 0 bridgehead atoms. The van der Waals surface area contributed by atoms with Gasteiger partial charge in [0.1, 0.15) is 11.6 Å². The van der Waals surface area contributed by atoms with Gasteiger partial charge < -0.3 is 15.2 Å². The van der Waals surface area contributed by atoms with Gasteiger partial charge in [-0.25, -0.2) is 8.78 Å². The molecule has 1 amide bonds. The highest BCUT2D eigenvalue weighted by atomic mass is 19.1. The van der Waals surface area contributed by atoms with Crippen LogP contribution in [0.1, 0.15) is 23.2 Å². The van der Waals surface area contributed by atoms with Crippen LogP contribution in [0.15, 0.2) is 18.2 Å². The van der Waals surface area contributed by atoms with Gasteiger partial charge in [0, 0.05) is 25.8 Å². The first-order valence-corrected chi connectivity index (χ1v) is 7.03. The number of ether oxygens (including phenoxy) is 1. The van der Waals surface area contributed by atoms with E-state index < -0.39 is 29.4 Å². The Bertz CT molecular complexity index is 558. The number of carboxylic acids is 1. The van der Waals surface area contributed by atoms with E-state index >= 15 is 0 Å². The molecule has 1 saturated heterocycles. The zero-order valence-electron chi connectivity index (χ0n) is 11.9. The molecule has 0 aromatic heterocycles. The van der Waals surface area contributed by atoms with Crippen LogP contribution < -0.4 is 5.32 Å². The third-order valence-electron chi connectivity index (χ3n) is 3.81. The first-order chi connectivity index (χ1) is 10.5. The molecule has 2 rings (SSSR count). The fraction of sp³-hybridized carbons (Fsp3) is 0.467. The molecule has 0 aliphatic carbocycles. The number of carbonyl (C=O) groups excluding carboxylic acids is 1. The van der Waals surface area contributed by atoms with Crippen LogP contribution in [0.25, 0.3) is 0 Å². The van der Waals surface area contributed by atoms with Gasteiger partial charge in [0.15, 0.2) is 0 Å². The minimum absolute atomic E-state index is 0.0929. The second-order valence-corrected chi connectivity index (χ2v) is 5.23. The minimum Gasteiger partial charge on any atom is -0.481 e. The van der Waals surface area contributed by atoms with E-state index in [2.05, 4.69) is 5.32 Å². The third kappa shape index (κ3) is 4.00. The standard InChI is InChI=1S/C15H17F2NO4/c16-10-1-2-11(13(17)7-10)14(19)18-8-12(15(20)21)9-3-5-22-6-4-9/h1-2,7,9,12H,3-6,8H2,(H,18,19)(H,20,21). The Morgan fingerprint density at radius 3 is 2.59 bits per heavy atom. The molecule has 1 aliphatic rings. The highest BCUT2D eigenvalue weighted by molar-refractivity contribution is 5.94. The smallest absolute Gasteiger partial charge is 0.308 e. The zero-order valence-corrected chi connectivity index (χ0v) is 11.9. The molecule has 1 heterocycles. The number of rotatable bonds is 5. The number of carbonyl (C=O) groups is 2. The number of benzene rings is 1. The number of carboxylic acid groups (broad SMARTS) is 1. The number of halogens is 2. The van der Waals surface area contributed by atoms with E-state index in [0.717, 1.165) is 12.1 Å². The van der Waals surface area contributed by atoms with Crippen molar-refractivity contribution < 1.29 is 28.2 Å². The lowest BCUT2D eigenvalue weighted by Crippen LogP contribution is -2.39. The summed E-state index contributed by atoms with van der Waals surface area (Å²) in [7, 11) is 0. The van der Waals surface area contributed by atoms with Crippen molar-refractivity contribution in [1.82, 2.24) is 5.32 Å². The van der Waals surface area contributed by atoms with E-state index in [1.54, 1.807) is 0 Å². The molecule has 5 nitrogen and oxygen atoms in total. The monoisotopic (exact) mass is 313 g/mol. The summed E-state index contributed by atoms with van der Waals surface area (Å²) in [6.45, 7) is 0.889. The lowest BCUT2D eigenvalue weighted by Gasteiger charge is -2.27. The second-order valence-electron chi connectivity index (χ2n) is 5.23. The molecule has 1 aliphatic heterocycles. The van der Waals surface area contributed by atoms with Crippen molar-refractivity contribution in [3.05, 3.63) is 35.4 Å². The average Bonchev–Trinajstić information content (AvgIpc) is 2.48. The molecule has 7 heteroatoms. The van der Waals surface area contributed by atoms with Gasteiger partial charge in [-0.1, -0.05) is 0 Å². The van der Waals surface area contributed by atoms with Crippen molar-refractivity contribution in [2.24, 2.45) is 11.8 Å². The molecule has 0 spiro atoms. The highest BCUT2D eigenvalue weighted by Crippen LogP contribution is 2.24. The number of aliphatic carboxylic acids is 1. The highest BCUT2D eigenvalue weighted by Gasteiger charge is 2.30. The van der Waals surface area contributed by atoms with Crippen molar-refractivity contribution >= 4 is 11.9 Å². The molecule has 0 saturated carbocycles. The minimum atomic E-state index is -1.01. The zero-order chi connectivity index (χ0) is 16.1. The summed E-state index contributed by atoms with van der Waals surface area (Å²) >= 11 is 0. The summed E-state index contributed by atoms with van der Waals surface area (Å²) in [5, 5.41) is 11.7. The summed E-state index contributed by atoms with van der Waals surface area (Å²) in [6, 6.07) is 2.62. The maximum Gasteiger partial charge on any atom is 0.308 e. The van der Waals surface area contributed by atoms with Crippen molar-refractivity contribution in [3.8, 4) is 0 Å². The predicted octanol–water partition coefficient (Wildman–Crippen LogP) is 1.82. The van der Waals surface area contributed by atoms with Gasteiger partial charge in [-0.2, -0.15) is 0 Å². The van der Waals surface area contributed by atoms with Crippen molar-refractivity contribution in [2.75, 3.05) is 19.8 Å². The van der Waals surface area contributed by atoms with Gasteiger partial charge in [-0.15, -0.1) is 0 Å². The van der Waals surface area contributed by atoms with E-state index in [4.69, 9.17) is 4.74 Å². The fourth-order valence-corrected chi connectivity index (χ4v) is 2.55. The SMILES string of the molecule is O=C(NCC(C(=O)O)C1CCOCC1)c1ccc(F)cc1F. The maximum absolute atomic E-state index is 13.5. The number of amides is 1. The molecule has 1 aromatic rings. The molecule has 0 radical (unpaired) electrons. The fourth-order valence-electron chi connectivity index (χ4n) is 2.55. The van der Waals surface area contributed by atoms with Crippen LogP contribution in [-0.4, -0.2) is 36.7 Å². The van der Waals surface area contributed by atoms with Crippen LogP contribution in [0, 0.1) is 23.5 Å². The van der Waals surface area contributed by atoms with Crippen LogP contribution in [0.2, 0.25) is 0 Å². The molecule has 1 fully saturated rings. The normalized spacial score (nSPS) is 17.0. The Morgan fingerprint density at radius 2 is 2.00 bits per heavy atom. The van der Waals surface area contributed by atoms with Gasteiger partial charge >= 0.3 is 5.97 Å². The topological polar surface area (TPSA) is 75.6 Å². The van der Waals surface area contributed by atoms with Crippen LogP contribution in [0.4, 0.5) is 8.78 Å². The summed E-state index contributed by atoms with van der Waals surface area (Å²) in [4.78, 5) is 23.2. The second kappa shape index (κ2) is 7.31. The lowest BCUT2D eigenvalue weighted by molar-refractivity contribution is -0.144. The van der Waals surface area contributed by atoms with E-state index in [-0.39, 0.29) is 18.0 Å². The first-order valence-electron chi connectivity index (χ1n) is 7.03. The first kappa shape index (κ1) is 16.4. The lowest BCUT2D eigenvalue weighted by atomic mass is 9.86. The van der Waals surface area contributed by atoms with Gasteiger partial charge in [-0.3, -0.25) is 9.59 Å². The third-order valence-corrected chi connectivity index (χ3v) is 3.81. The number of nitrogens with one attached hydrogen (secondary N) is 1. The van der Waals surface area contributed by atoms with E-state index in [0.29, 0.717) is 32.1 Å². The van der Waals surface area contributed by atoms with Gasteiger partial charge in [0.2, 0.25) is 0 Å². The van der Waals surface area contributed by atoms with E-state index in [1.165, 1.54) is 0 Å². The molecule has 22 heavy (non-hydrogen) atoms. The van der Waals surface area contributed by atoms with Gasteiger partial charge in [-0.05, 0) is 30.9 Å². The van der Waals surface area contributed by atoms with Gasteiger partial charge in [0.05, 0.1) is 11.5 Å². The van der Waals surface area contributed by atoms with Crippen LogP contribution >= 0.6 is 0 Å².